The van der Waals surface area contributed by atoms with Gasteiger partial charge in [-0.3, -0.25) is 10.1 Å². The van der Waals surface area contributed by atoms with Crippen molar-refractivity contribution in [1.29, 1.82) is 0 Å². The second-order valence-electron chi connectivity index (χ2n) is 7.30. The Balaban J connectivity index is 0.000000212. The third kappa shape index (κ3) is 8.08. The van der Waals surface area contributed by atoms with Crippen LogP contribution in [0.25, 0.3) is 0 Å². The molecule has 0 fully saturated rings. The number of halogens is 6. The van der Waals surface area contributed by atoms with Crippen LogP contribution >= 0.6 is 0 Å². The lowest BCUT2D eigenvalue weighted by Crippen LogP contribution is -2.04. The maximum Gasteiger partial charge on any atom is 0.416 e. The fourth-order valence-corrected chi connectivity index (χ4v) is 2.71. The average molecular weight is 538 g/mol. The summed E-state index contributed by atoms with van der Waals surface area (Å²) >= 11 is 0. The largest absolute Gasteiger partial charge is 0.439 e. The summed E-state index contributed by atoms with van der Waals surface area (Å²) in [5, 5.41) is 10.4. The van der Waals surface area contributed by atoms with Crippen LogP contribution in [-0.2, 0) is 12.4 Å². The van der Waals surface area contributed by atoms with E-state index in [1.807, 2.05) is 0 Å². The van der Waals surface area contributed by atoms with E-state index in [2.05, 4.69) is 9.97 Å². The number of nitrogen functional groups attached to an aromatic ring is 1. The first-order valence-electron chi connectivity index (χ1n) is 10.3. The molecule has 0 radical (unpaired) electrons. The van der Waals surface area contributed by atoms with Gasteiger partial charge in [0.1, 0.15) is 17.7 Å². The van der Waals surface area contributed by atoms with Gasteiger partial charge in [-0.1, -0.05) is 12.1 Å². The molecule has 14 heteroatoms. The highest BCUT2D eigenvalue weighted by Gasteiger charge is 2.31. The highest BCUT2D eigenvalue weighted by molar-refractivity contribution is 5.38. The molecule has 4 rings (SSSR count). The van der Waals surface area contributed by atoms with Crippen molar-refractivity contribution in [3.63, 3.8) is 0 Å². The zero-order valence-electron chi connectivity index (χ0n) is 18.9. The van der Waals surface area contributed by atoms with Gasteiger partial charge in [-0.25, -0.2) is 9.97 Å². The van der Waals surface area contributed by atoms with E-state index in [0.717, 1.165) is 36.5 Å². The smallest absolute Gasteiger partial charge is 0.416 e. The highest BCUT2D eigenvalue weighted by atomic mass is 19.4. The van der Waals surface area contributed by atoms with Crippen molar-refractivity contribution in [2.75, 3.05) is 5.73 Å². The predicted molar refractivity (Wildman–Crippen MR) is 123 cm³/mol. The molecule has 0 bridgehead atoms. The van der Waals surface area contributed by atoms with Crippen LogP contribution in [0.4, 0.5) is 37.7 Å². The quantitative estimate of drug-likeness (QED) is 0.161. The van der Waals surface area contributed by atoms with Crippen molar-refractivity contribution < 1.29 is 40.7 Å². The monoisotopic (exact) mass is 538 g/mol. The molecular weight excluding hydrogens is 522 g/mol. The molecule has 0 unspecified atom stereocenters. The van der Waals surface area contributed by atoms with Gasteiger partial charge in [-0.15, -0.1) is 0 Å². The fraction of sp³-hybridized carbons (Fsp3) is 0.0833. The highest BCUT2D eigenvalue weighted by Crippen LogP contribution is 2.33. The van der Waals surface area contributed by atoms with E-state index in [1.165, 1.54) is 42.6 Å². The van der Waals surface area contributed by atoms with Crippen LogP contribution in [0.3, 0.4) is 0 Å². The van der Waals surface area contributed by atoms with Crippen molar-refractivity contribution in [2.24, 2.45) is 0 Å². The van der Waals surface area contributed by atoms with E-state index in [4.69, 9.17) is 15.2 Å². The molecule has 2 aromatic carbocycles. The summed E-state index contributed by atoms with van der Waals surface area (Å²) in [6.45, 7) is 0. The van der Waals surface area contributed by atoms with Crippen LogP contribution < -0.4 is 15.2 Å². The van der Waals surface area contributed by atoms with E-state index in [-0.39, 0.29) is 28.9 Å². The van der Waals surface area contributed by atoms with Crippen molar-refractivity contribution in [1.82, 2.24) is 9.97 Å². The molecule has 198 valence electrons. The summed E-state index contributed by atoms with van der Waals surface area (Å²) in [6.07, 6.45) is -6.54. The van der Waals surface area contributed by atoms with Gasteiger partial charge < -0.3 is 15.2 Å². The number of nitro groups is 1. The van der Waals surface area contributed by atoms with Gasteiger partial charge in [-0.2, -0.15) is 26.3 Å². The lowest BCUT2D eigenvalue weighted by atomic mass is 10.2. The zero-order valence-corrected chi connectivity index (χ0v) is 18.9. The first-order valence-corrected chi connectivity index (χ1v) is 10.3. The first-order chi connectivity index (χ1) is 17.8. The predicted octanol–water partition coefficient (Wildman–Crippen LogP) is 7.28. The Morgan fingerprint density at radius 1 is 0.711 bits per heavy atom. The summed E-state index contributed by atoms with van der Waals surface area (Å²) in [4.78, 5) is 17.3. The third-order valence-electron chi connectivity index (χ3n) is 4.46. The van der Waals surface area contributed by atoms with Gasteiger partial charge in [0.25, 0.3) is 5.69 Å². The number of hydrogen-bond acceptors (Lipinski definition) is 7. The van der Waals surface area contributed by atoms with Gasteiger partial charge in [-0.05, 0) is 42.5 Å². The van der Waals surface area contributed by atoms with Crippen molar-refractivity contribution in [3.05, 3.63) is 106 Å². The minimum atomic E-state index is -4.47. The van der Waals surface area contributed by atoms with Gasteiger partial charge in [0, 0.05) is 18.2 Å². The summed E-state index contributed by atoms with van der Waals surface area (Å²) < 4.78 is 85.2. The Kier molecular flexibility index (Phi) is 8.35. The minimum Gasteiger partial charge on any atom is -0.439 e. The minimum absolute atomic E-state index is 0.0325. The Bertz CT molecular complexity index is 1380. The van der Waals surface area contributed by atoms with Gasteiger partial charge in [0.2, 0.25) is 11.8 Å². The Morgan fingerprint density at radius 2 is 1.18 bits per heavy atom. The number of hydrogen-bond donors (Lipinski definition) is 1. The third-order valence-corrected chi connectivity index (χ3v) is 4.46. The number of alkyl halides is 6. The maximum atomic E-state index is 12.5. The van der Waals surface area contributed by atoms with Crippen LogP contribution in [-0.4, -0.2) is 14.9 Å². The summed E-state index contributed by atoms with van der Waals surface area (Å²) in [5.41, 5.74) is 4.03. The fourth-order valence-electron chi connectivity index (χ4n) is 2.71. The molecule has 0 aliphatic heterocycles. The van der Waals surface area contributed by atoms with Crippen LogP contribution in [0.15, 0.2) is 85.2 Å². The second kappa shape index (κ2) is 11.5. The molecule has 2 aromatic heterocycles. The van der Waals surface area contributed by atoms with Crippen LogP contribution in [0.5, 0.6) is 23.3 Å². The number of rotatable bonds is 5. The molecule has 2 heterocycles. The Hall–Kier alpha value is -4.88. The van der Waals surface area contributed by atoms with Crippen molar-refractivity contribution >= 4 is 11.4 Å². The van der Waals surface area contributed by atoms with E-state index >= 15 is 0 Å². The number of benzene rings is 2. The Morgan fingerprint density at radius 3 is 1.55 bits per heavy atom. The van der Waals surface area contributed by atoms with Gasteiger partial charge in [0.05, 0.1) is 27.9 Å². The molecule has 0 saturated heterocycles. The van der Waals surface area contributed by atoms with E-state index in [1.54, 1.807) is 6.07 Å². The lowest BCUT2D eigenvalue weighted by Gasteiger charge is -2.09. The number of anilines is 1. The SMILES string of the molecule is Nc1ccc(Oc2cccc(C(F)(F)F)c2)nc1.O=[N+]([O-])c1ccc(Oc2cccc(C(F)(F)F)c2)nc1. The number of ether oxygens (including phenoxy) is 2. The molecule has 0 aliphatic rings. The van der Waals surface area contributed by atoms with Crippen LogP contribution in [0.2, 0.25) is 0 Å². The van der Waals surface area contributed by atoms with Crippen molar-refractivity contribution in [2.45, 2.75) is 12.4 Å². The maximum absolute atomic E-state index is 12.5. The molecule has 0 aliphatic carbocycles. The van der Waals surface area contributed by atoms with Gasteiger partial charge >= 0.3 is 12.4 Å². The Labute approximate surface area is 210 Å². The zero-order chi connectivity index (χ0) is 27.9. The summed E-state index contributed by atoms with van der Waals surface area (Å²) in [5.74, 6) is 0.168. The molecule has 4 aromatic rings. The number of pyridine rings is 2. The topological polar surface area (TPSA) is 113 Å². The molecule has 0 amide bonds. The number of nitrogens with zero attached hydrogens (tertiary/aromatic N) is 3. The van der Waals surface area contributed by atoms with E-state index in [0.29, 0.717) is 5.69 Å². The second-order valence-corrected chi connectivity index (χ2v) is 7.30. The molecule has 38 heavy (non-hydrogen) atoms. The molecule has 0 saturated carbocycles. The summed E-state index contributed by atoms with van der Waals surface area (Å²) in [6, 6.07) is 14.2. The van der Waals surface area contributed by atoms with Crippen molar-refractivity contribution in [3.8, 4) is 23.3 Å². The lowest BCUT2D eigenvalue weighted by molar-refractivity contribution is -0.385. The molecule has 0 spiro atoms. The van der Waals surface area contributed by atoms with Crippen LogP contribution in [0, 0.1) is 10.1 Å². The molecular formula is C24H16F6N4O4. The van der Waals surface area contributed by atoms with Gasteiger partial charge in [0.15, 0.2) is 0 Å². The van der Waals surface area contributed by atoms with E-state index < -0.39 is 28.4 Å². The number of aromatic nitrogens is 2. The average Bonchev–Trinajstić information content (AvgIpc) is 2.86. The molecule has 8 nitrogen and oxygen atoms in total. The first kappa shape index (κ1) is 27.7. The number of nitrogens with two attached hydrogens (primary N) is 1. The van der Waals surface area contributed by atoms with E-state index in [9.17, 15) is 36.5 Å². The standard InChI is InChI=1S/C12H7F3N2O3.C12H9F3N2O/c13-12(14,15)8-2-1-3-10(6-8)20-11-5-4-9(7-16-11)17(18)19;13-12(14,15)8-2-1-3-10(6-8)18-11-5-4-9(16)7-17-11/h1-7H;1-7H,16H2. The van der Waals surface area contributed by atoms with Crippen LogP contribution in [0.1, 0.15) is 11.1 Å². The molecule has 0 atom stereocenters. The normalized spacial score (nSPS) is 11.2. The summed E-state index contributed by atoms with van der Waals surface area (Å²) in [7, 11) is 0. The molecule has 2 N–H and O–H groups in total.